The van der Waals surface area contributed by atoms with Gasteiger partial charge in [-0.2, -0.15) is 0 Å². The highest BCUT2D eigenvalue weighted by Crippen LogP contribution is 2.44. The summed E-state index contributed by atoms with van der Waals surface area (Å²) < 4.78 is 1.46. The molecule has 1 aromatic carbocycles. The first-order valence-electron chi connectivity index (χ1n) is 9.41. The smallest absolute Gasteiger partial charge is 0.308 e. The second-order valence-electron chi connectivity index (χ2n) is 7.71. The second-order valence-corrected chi connectivity index (χ2v) is 7.71. The van der Waals surface area contributed by atoms with Gasteiger partial charge in [0.05, 0.1) is 23.1 Å². The van der Waals surface area contributed by atoms with E-state index in [0.29, 0.717) is 23.4 Å². The first-order chi connectivity index (χ1) is 13.0. The molecule has 4 rings (SSSR count). The number of nitrogens with zero attached hydrogens (tertiary/aromatic N) is 3. The Labute approximate surface area is 156 Å². The molecule has 1 amide bonds. The summed E-state index contributed by atoms with van der Waals surface area (Å²) in [4.78, 5) is 42.7. The van der Waals surface area contributed by atoms with Crippen LogP contribution in [0, 0.1) is 24.7 Å². The summed E-state index contributed by atoms with van der Waals surface area (Å²) in [6.45, 7) is 2.95. The number of rotatable bonds is 5. The second kappa shape index (κ2) is 6.79. The van der Waals surface area contributed by atoms with Crippen LogP contribution in [-0.2, 0) is 16.1 Å². The van der Waals surface area contributed by atoms with Gasteiger partial charge in [0, 0.05) is 26.1 Å². The van der Waals surface area contributed by atoms with E-state index in [4.69, 9.17) is 0 Å². The molecule has 142 valence electrons. The first-order valence-corrected chi connectivity index (χ1v) is 9.41. The van der Waals surface area contributed by atoms with E-state index in [0.717, 1.165) is 18.4 Å². The highest BCUT2D eigenvalue weighted by atomic mass is 16.4. The number of carboxylic acid groups (broad SMARTS) is 1. The summed E-state index contributed by atoms with van der Waals surface area (Å²) in [5.74, 6) is -0.860. The van der Waals surface area contributed by atoms with Crippen LogP contribution in [0.3, 0.4) is 0 Å². The fourth-order valence-electron chi connectivity index (χ4n) is 4.17. The molecule has 0 radical (unpaired) electrons. The Hall–Kier alpha value is -2.70. The molecule has 2 aliphatic rings. The molecule has 1 aromatic heterocycles. The third-order valence-corrected chi connectivity index (χ3v) is 5.88. The predicted molar refractivity (Wildman–Crippen MR) is 99.3 cm³/mol. The molecule has 2 heterocycles. The Morgan fingerprint density at radius 2 is 2.04 bits per heavy atom. The number of amides is 1. The Morgan fingerprint density at radius 3 is 2.74 bits per heavy atom. The number of aliphatic carboxylic acids is 1. The van der Waals surface area contributed by atoms with Crippen molar-refractivity contribution in [3.05, 3.63) is 40.4 Å². The van der Waals surface area contributed by atoms with E-state index >= 15 is 0 Å². The zero-order valence-electron chi connectivity index (χ0n) is 15.3. The molecule has 7 heteroatoms. The minimum absolute atomic E-state index is 0.0690. The third-order valence-electron chi connectivity index (χ3n) is 5.88. The maximum Gasteiger partial charge on any atom is 0.308 e. The summed E-state index contributed by atoms with van der Waals surface area (Å²) in [7, 11) is 0. The average molecular weight is 369 g/mol. The highest BCUT2D eigenvalue weighted by Gasteiger charge is 2.46. The van der Waals surface area contributed by atoms with Gasteiger partial charge in [-0.05, 0) is 43.2 Å². The third kappa shape index (κ3) is 3.34. The number of fused-ring (bicyclic) bond motifs is 1. The molecular weight excluding hydrogens is 346 g/mol. The SMILES string of the molecule is Cc1cccc2c(=O)n(CCC(=O)N3C[C@H](C(=O)O)[C@@H](C4CC4)C3)cnc12. The van der Waals surface area contributed by atoms with E-state index in [9.17, 15) is 19.5 Å². The number of carbonyl (C=O) groups is 2. The molecule has 2 aromatic rings. The largest absolute Gasteiger partial charge is 0.481 e. The molecule has 1 N–H and O–H groups in total. The van der Waals surface area contributed by atoms with Gasteiger partial charge < -0.3 is 10.0 Å². The van der Waals surface area contributed by atoms with Gasteiger partial charge in [0.2, 0.25) is 5.91 Å². The van der Waals surface area contributed by atoms with E-state index in [1.165, 1.54) is 10.9 Å². The van der Waals surface area contributed by atoms with E-state index in [2.05, 4.69) is 4.98 Å². The van der Waals surface area contributed by atoms with E-state index in [1.54, 1.807) is 11.0 Å². The Balaban J connectivity index is 1.45. The van der Waals surface area contributed by atoms with Gasteiger partial charge in [-0.15, -0.1) is 0 Å². The summed E-state index contributed by atoms with van der Waals surface area (Å²) in [5, 5.41) is 9.98. The van der Waals surface area contributed by atoms with E-state index in [-0.39, 0.29) is 36.9 Å². The summed E-state index contributed by atoms with van der Waals surface area (Å²) in [5.41, 5.74) is 1.47. The molecule has 1 saturated carbocycles. The maximum atomic E-state index is 12.6. The van der Waals surface area contributed by atoms with Crippen molar-refractivity contribution in [2.45, 2.75) is 32.7 Å². The van der Waals surface area contributed by atoms with Crippen molar-refractivity contribution in [1.29, 1.82) is 0 Å². The number of aromatic nitrogens is 2. The number of carboxylic acids is 1. The molecule has 27 heavy (non-hydrogen) atoms. The van der Waals surface area contributed by atoms with Crippen molar-refractivity contribution < 1.29 is 14.7 Å². The van der Waals surface area contributed by atoms with Gasteiger partial charge in [-0.25, -0.2) is 4.98 Å². The van der Waals surface area contributed by atoms with Crippen LogP contribution in [0.15, 0.2) is 29.3 Å². The zero-order chi connectivity index (χ0) is 19.1. The predicted octanol–water partition coefficient (Wildman–Crippen LogP) is 1.66. The van der Waals surface area contributed by atoms with Crippen molar-refractivity contribution in [3.63, 3.8) is 0 Å². The lowest BCUT2D eigenvalue weighted by Crippen LogP contribution is -2.32. The van der Waals surface area contributed by atoms with E-state index in [1.807, 2.05) is 19.1 Å². The van der Waals surface area contributed by atoms with Crippen LogP contribution in [0.25, 0.3) is 10.9 Å². The van der Waals surface area contributed by atoms with Crippen LogP contribution in [0.1, 0.15) is 24.8 Å². The summed E-state index contributed by atoms with van der Waals surface area (Å²) in [6.07, 6.45) is 3.78. The Bertz CT molecular complexity index is 963. The van der Waals surface area contributed by atoms with Gasteiger partial charge >= 0.3 is 5.97 Å². The number of benzene rings is 1. The zero-order valence-corrected chi connectivity index (χ0v) is 15.3. The van der Waals surface area contributed by atoms with Crippen molar-refractivity contribution in [3.8, 4) is 0 Å². The molecule has 0 unspecified atom stereocenters. The molecule has 1 saturated heterocycles. The molecular formula is C20H23N3O4. The standard InChI is InChI=1S/C20H23N3O4/c1-12-3-2-4-14-18(12)21-11-22(19(14)25)8-7-17(24)23-9-15(13-5-6-13)16(10-23)20(26)27/h2-4,11,13,15-16H,5-10H2,1H3,(H,26,27)/t15-,16+/m1/s1. The number of hydrogen-bond acceptors (Lipinski definition) is 4. The van der Waals surface area contributed by atoms with Crippen LogP contribution in [-0.4, -0.2) is 44.5 Å². The van der Waals surface area contributed by atoms with Crippen molar-refractivity contribution in [1.82, 2.24) is 14.5 Å². The summed E-state index contributed by atoms with van der Waals surface area (Å²) >= 11 is 0. The maximum absolute atomic E-state index is 12.6. The first kappa shape index (κ1) is 17.7. The van der Waals surface area contributed by atoms with Gasteiger partial charge in [0.25, 0.3) is 5.56 Å². The fourth-order valence-corrected chi connectivity index (χ4v) is 4.17. The van der Waals surface area contributed by atoms with Crippen LogP contribution in [0.2, 0.25) is 0 Å². The normalized spacial score (nSPS) is 22.3. The van der Waals surface area contributed by atoms with Crippen LogP contribution >= 0.6 is 0 Å². The van der Waals surface area contributed by atoms with Crippen LogP contribution < -0.4 is 5.56 Å². The molecule has 0 spiro atoms. The number of hydrogen-bond donors (Lipinski definition) is 1. The minimum Gasteiger partial charge on any atom is -0.481 e. The van der Waals surface area contributed by atoms with Gasteiger partial charge in [0.1, 0.15) is 0 Å². The Morgan fingerprint density at radius 1 is 1.26 bits per heavy atom. The molecule has 1 aliphatic carbocycles. The highest BCUT2D eigenvalue weighted by molar-refractivity contribution is 5.81. The van der Waals surface area contributed by atoms with Crippen LogP contribution in [0.4, 0.5) is 0 Å². The fraction of sp³-hybridized carbons (Fsp3) is 0.500. The van der Waals surface area contributed by atoms with Crippen molar-refractivity contribution >= 4 is 22.8 Å². The lowest BCUT2D eigenvalue weighted by atomic mass is 9.92. The van der Waals surface area contributed by atoms with E-state index < -0.39 is 11.9 Å². The topological polar surface area (TPSA) is 92.5 Å². The molecule has 0 bridgehead atoms. The van der Waals surface area contributed by atoms with Gasteiger partial charge in [0.15, 0.2) is 0 Å². The number of aryl methyl sites for hydroxylation is 2. The number of likely N-dealkylation sites (tertiary alicyclic amines) is 1. The lowest BCUT2D eigenvalue weighted by Gasteiger charge is -2.16. The molecule has 7 nitrogen and oxygen atoms in total. The summed E-state index contributed by atoms with van der Waals surface area (Å²) in [6, 6.07) is 5.48. The van der Waals surface area contributed by atoms with Crippen molar-refractivity contribution in [2.24, 2.45) is 17.8 Å². The lowest BCUT2D eigenvalue weighted by molar-refractivity contribution is -0.142. The van der Waals surface area contributed by atoms with Gasteiger partial charge in [-0.1, -0.05) is 12.1 Å². The Kier molecular flexibility index (Phi) is 4.45. The van der Waals surface area contributed by atoms with Crippen LogP contribution in [0.5, 0.6) is 0 Å². The minimum atomic E-state index is -0.812. The number of carbonyl (C=O) groups excluding carboxylic acids is 1. The molecule has 2 atom stereocenters. The quantitative estimate of drug-likeness (QED) is 0.865. The van der Waals surface area contributed by atoms with Crippen molar-refractivity contribution in [2.75, 3.05) is 13.1 Å². The number of para-hydroxylation sites is 1. The van der Waals surface area contributed by atoms with Gasteiger partial charge in [-0.3, -0.25) is 19.0 Å². The monoisotopic (exact) mass is 369 g/mol. The molecule has 2 fully saturated rings. The molecule has 1 aliphatic heterocycles. The average Bonchev–Trinajstić information content (AvgIpc) is 3.39.